The second-order valence-corrected chi connectivity index (χ2v) is 7.88. The van der Waals surface area contributed by atoms with Gasteiger partial charge in [-0.3, -0.25) is 4.90 Å². The molecule has 0 saturated heterocycles. The first kappa shape index (κ1) is 16.3. The number of fused-ring (bicyclic) bond motifs is 2. The van der Waals surface area contributed by atoms with Crippen LogP contribution in [-0.4, -0.2) is 23.3 Å². The zero-order valence-electron chi connectivity index (χ0n) is 14.4. The topological polar surface area (TPSA) is 49.8 Å². The van der Waals surface area contributed by atoms with Crippen LogP contribution in [0.2, 0.25) is 0 Å². The van der Waals surface area contributed by atoms with E-state index in [1.165, 1.54) is 24.8 Å². The minimum atomic E-state index is -0.506. The number of aliphatic hydroxyl groups excluding tert-OH is 1. The summed E-state index contributed by atoms with van der Waals surface area (Å²) in [4.78, 5) is 14.5. The second kappa shape index (κ2) is 5.82. The van der Waals surface area contributed by atoms with Crippen LogP contribution in [0.1, 0.15) is 64.0 Å². The van der Waals surface area contributed by atoms with Gasteiger partial charge in [0.2, 0.25) is 0 Å². The predicted octanol–water partition coefficient (Wildman–Crippen LogP) is 4.14. The molecule has 1 aliphatic heterocycles. The number of amides is 1. The zero-order chi connectivity index (χ0) is 16.7. The Balaban J connectivity index is 2.02. The third kappa shape index (κ3) is 2.97. The van der Waals surface area contributed by atoms with Crippen LogP contribution in [0.5, 0.6) is 0 Å². The van der Waals surface area contributed by atoms with Crippen molar-refractivity contribution in [1.29, 1.82) is 0 Å². The predicted molar refractivity (Wildman–Crippen MR) is 90.7 cm³/mol. The minimum Gasteiger partial charge on any atom is -0.443 e. The van der Waals surface area contributed by atoms with Crippen LogP contribution in [0.3, 0.4) is 0 Å². The molecular formula is C19H27NO3. The third-order valence-corrected chi connectivity index (χ3v) is 5.01. The highest BCUT2D eigenvalue weighted by Crippen LogP contribution is 2.50. The van der Waals surface area contributed by atoms with Crippen LogP contribution in [0.15, 0.2) is 18.2 Å². The molecule has 1 spiro atoms. The fourth-order valence-corrected chi connectivity index (χ4v) is 4.14. The van der Waals surface area contributed by atoms with Crippen molar-refractivity contribution in [2.45, 2.75) is 70.5 Å². The highest BCUT2D eigenvalue weighted by molar-refractivity contribution is 5.92. The summed E-state index contributed by atoms with van der Waals surface area (Å²) < 4.78 is 5.61. The molecule has 1 aromatic carbocycles. The maximum atomic E-state index is 12.7. The first-order valence-corrected chi connectivity index (χ1v) is 8.60. The molecule has 1 N–H and O–H groups in total. The van der Waals surface area contributed by atoms with Crippen LogP contribution in [0.4, 0.5) is 10.5 Å². The van der Waals surface area contributed by atoms with Crippen molar-refractivity contribution < 1.29 is 14.6 Å². The van der Waals surface area contributed by atoms with Gasteiger partial charge in [-0.15, -0.1) is 0 Å². The molecule has 2 aliphatic rings. The van der Waals surface area contributed by atoms with E-state index in [0.29, 0.717) is 6.54 Å². The molecule has 3 rings (SSSR count). The number of anilines is 1. The highest BCUT2D eigenvalue weighted by atomic mass is 16.6. The number of benzene rings is 1. The fraction of sp³-hybridized carbons (Fsp3) is 0.632. The van der Waals surface area contributed by atoms with Crippen LogP contribution in [-0.2, 0) is 16.8 Å². The van der Waals surface area contributed by atoms with Crippen LogP contribution < -0.4 is 4.90 Å². The molecule has 4 nitrogen and oxygen atoms in total. The van der Waals surface area contributed by atoms with Gasteiger partial charge >= 0.3 is 6.09 Å². The van der Waals surface area contributed by atoms with Gasteiger partial charge in [0.15, 0.2) is 0 Å². The lowest BCUT2D eigenvalue weighted by molar-refractivity contribution is 0.0575. The van der Waals surface area contributed by atoms with E-state index in [4.69, 9.17) is 4.74 Å². The van der Waals surface area contributed by atoms with Crippen LogP contribution in [0, 0.1) is 0 Å². The van der Waals surface area contributed by atoms with Crippen LogP contribution >= 0.6 is 0 Å². The average Bonchev–Trinajstić information content (AvgIpc) is 2.81. The monoisotopic (exact) mass is 317 g/mol. The van der Waals surface area contributed by atoms with Gasteiger partial charge in [-0.1, -0.05) is 31.4 Å². The van der Waals surface area contributed by atoms with Gasteiger partial charge in [-0.25, -0.2) is 4.79 Å². The summed E-state index contributed by atoms with van der Waals surface area (Å²) in [6.07, 6.45) is 5.50. The Kier molecular flexibility index (Phi) is 4.13. The Bertz CT molecular complexity index is 597. The van der Waals surface area contributed by atoms with Gasteiger partial charge in [0, 0.05) is 12.0 Å². The van der Waals surface area contributed by atoms with Crippen molar-refractivity contribution in [2.24, 2.45) is 0 Å². The molecule has 1 amide bonds. The minimum absolute atomic E-state index is 0.0101. The summed E-state index contributed by atoms with van der Waals surface area (Å²) in [5, 5.41) is 9.79. The molecule has 1 aromatic rings. The fourth-order valence-electron chi connectivity index (χ4n) is 4.14. The standard InChI is InChI=1S/C19H27NO3/c1-18(2,3)23-17(22)20-13-19(10-5-4-6-11-19)16-14(12-21)8-7-9-15(16)20/h7-9,21H,4-6,10-13H2,1-3H3. The van der Waals surface area contributed by atoms with Crippen molar-refractivity contribution in [1.82, 2.24) is 0 Å². The molecule has 0 unspecified atom stereocenters. The molecule has 4 heteroatoms. The Morgan fingerprint density at radius 1 is 1.26 bits per heavy atom. The molecular weight excluding hydrogens is 290 g/mol. The SMILES string of the molecule is CC(C)(C)OC(=O)N1CC2(CCCCC2)c2c(CO)cccc21. The maximum Gasteiger partial charge on any atom is 0.414 e. The van der Waals surface area contributed by atoms with Crippen molar-refractivity contribution in [3.63, 3.8) is 0 Å². The van der Waals surface area contributed by atoms with E-state index in [2.05, 4.69) is 0 Å². The van der Waals surface area contributed by atoms with Crippen molar-refractivity contribution in [2.75, 3.05) is 11.4 Å². The summed E-state index contributed by atoms with van der Waals surface area (Å²) in [6.45, 7) is 6.37. The molecule has 1 fully saturated rings. The lowest BCUT2D eigenvalue weighted by atomic mass is 9.69. The van der Waals surface area contributed by atoms with Crippen molar-refractivity contribution >= 4 is 11.8 Å². The first-order valence-electron chi connectivity index (χ1n) is 8.60. The van der Waals surface area contributed by atoms with E-state index in [1.807, 2.05) is 39.0 Å². The number of aliphatic hydroxyl groups is 1. The normalized spacial score (nSPS) is 19.7. The molecule has 0 radical (unpaired) electrons. The summed E-state index contributed by atoms with van der Waals surface area (Å²) in [7, 11) is 0. The molecule has 23 heavy (non-hydrogen) atoms. The molecule has 0 aromatic heterocycles. The molecule has 126 valence electrons. The van der Waals surface area contributed by atoms with E-state index < -0.39 is 5.60 Å². The highest BCUT2D eigenvalue weighted by Gasteiger charge is 2.47. The summed E-state index contributed by atoms with van der Waals surface area (Å²) >= 11 is 0. The number of hydrogen-bond donors (Lipinski definition) is 1. The summed E-state index contributed by atoms with van der Waals surface area (Å²) in [6, 6.07) is 5.89. The number of carbonyl (C=O) groups is 1. The largest absolute Gasteiger partial charge is 0.443 e. The van der Waals surface area contributed by atoms with E-state index in [1.54, 1.807) is 4.90 Å². The van der Waals surface area contributed by atoms with Gasteiger partial charge in [0.1, 0.15) is 5.60 Å². The Hall–Kier alpha value is -1.55. The number of ether oxygens (including phenoxy) is 1. The van der Waals surface area contributed by atoms with Crippen molar-refractivity contribution in [3.05, 3.63) is 29.3 Å². The van der Waals surface area contributed by atoms with E-state index in [-0.39, 0.29) is 18.1 Å². The Labute approximate surface area is 138 Å². The number of rotatable bonds is 1. The zero-order valence-corrected chi connectivity index (χ0v) is 14.4. The molecule has 1 aliphatic carbocycles. The molecule has 0 bridgehead atoms. The molecule has 1 heterocycles. The van der Waals surface area contributed by atoms with Crippen molar-refractivity contribution in [3.8, 4) is 0 Å². The summed E-state index contributed by atoms with van der Waals surface area (Å²) in [5.74, 6) is 0. The lowest BCUT2D eigenvalue weighted by Gasteiger charge is -2.35. The first-order chi connectivity index (χ1) is 10.9. The number of carbonyl (C=O) groups excluding carboxylic acids is 1. The average molecular weight is 317 g/mol. The maximum absolute atomic E-state index is 12.7. The van der Waals surface area contributed by atoms with E-state index in [9.17, 15) is 9.90 Å². The Morgan fingerprint density at radius 3 is 2.57 bits per heavy atom. The van der Waals surface area contributed by atoms with E-state index >= 15 is 0 Å². The Morgan fingerprint density at radius 2 is 1.96 bits per heavy atom. The molecule has 1 saturated carbocycles. The second-order valence-electron chi connectivity index (χ2n) is 7.88. The quantitative estimate of drug-likeness (QED) is 0.847. The van der Waals surface area contributed by atoms with Gasteiger partial charge in [0.05, 0.1) is 12.3 Å². The number of hydrogen-bond acceptors (Lipinski definition) is 3. The van der Waals surface area contributed by atoms with Gasteiger partial charge in [-0.2, -0.15) is 0 Å². The lowest BCUT2D eigenvalue weighted by Crippen LogP contribution is -2.41. The van der Waals surface area contributed by atoms with Gasteiger partial charge < -0.3 is 9.84 Å². The van der Waals surface area contributed by atoms with Gasteiger partial charge in [0.25, 0.3) is 0 Å². The molecule has 0 atom stereocenters. The third-order valence-electron chi connectivity index (χ3n) is 5.01. The van der Waals surface area contributed by atoms with Gasteiger partial charge in [-0.05, 0) is 50.8 Å². The van der Waals surface area contributed by atoms with Crippen LogP contribution in [0.25, 0.3) is 0 Å². The number of nitrogens with zero attached hydrogens (tertiary/aromatic N) is 1. The smallest absolute Gasteiger partial charge is 0.414 e. The van der Waals surface area contributed by atoms with E-state index in [0.717, 1.165) is 24.1 Å². The summed E-state index contributed by atoms with van der Waals surface area (Å²) in [5.41, 5.74) is 2.54.